The highest BCUT2D eigenvalue weighted by atomic mass is 16.5. The first-order valence-corrected chi connectivity index (χ1v) is 9.40. The average Bonchev–Trinajstić information content (AvgIpc) is 2.64. The number of benzene rings is 2. The van der Waals surface area contributed by atoms with Gasteiger partial charge in [0.1, 0.15) is 0 Å². The molecule has 1 aliphatic heterocycles. The Morgan fingerprint density at radius 1 is 1.15 bits per heavy atom. The third-order valence-corrected chi connectivity index (χ3v) is 4.73. The van der Waals surface area contributed by atoms with Gasteiger partial charge in [0.2, 0.25) is 0 Å². The molecule has 4 nitrogen and oxygen atoms in total. The van der Waals surface area contributed by atoms with E-state index >= 15 is 0 Å². The second-order valence-corrected chi connectivity index (χ2v) is 7.30. The van der Waals surface area contributed by atoms with Crippen molar-refractivity contribution in [3.8, 4) is 0 Å². The molecule has 138 valence electrons. The summed E-state index contributed by atoms with van der Waals surface area (Å²) in [6.45, 7) is 6.23. The fourth-order valence-electron chi connectivity index (χ4n) is 3.46. The predicted molar refractivity (Wildman–Crippen MR) is 105 cm³/mol. The number of nitrogens with one attached hydrogen (secondary N) is 1. The fourth-order valence-corrected chi connectivity index (χ4v) is 3.46. The first-order valence-electron chi connectivity index (χ1n) is 9.40. The van der Waals surface area contributed by atoms with E-state index in [0.717, 1.165) is 24.1 Å². The Labute approximate surface area is 156 Å². The summed E-state index contributed by atoms with van der Waals surface area (Å²) in [5, 5.41) is 3.14. The van der Waals surface area contributed by atoms with Crippen LogP contribution in [0.4, 0.5) is 10.5 Å². The fraction of sp³-hybridized carbons (Fsp3) is 0.409. The maximum Gasteiger partial charge on any atom is 0.322 e. The molecule has 0 bridgehead atoms. The Morgan fingerprint density at radius 3 is 2.65 bits per heavy atom. The van der Waals surface area contributed by atoms with Gasteiger partial charge in [0.05, 0.1) is 19.3 Å². The lowest BCUT2D eigenvalue weighted by Gasteiger charge is -2.36. The summed E-state index contributed by atoms with van der Waals surface area (Å²) in [5.74, 6) is 0.530. The number of hydrogen-bond acceptors (Lipinski definition) is 2. The molecule has 2 amide bonds. The van der Waals surface area contributed by atoms with Crippen LogP contribution in [0.25, 0.3) is 0 Å². The smallest absolute Gasteiger partial charge is 0.322 e. The number of amides is 2. The van der Waals surface area contributed by atoms with E-state index in [4.69, 9.17) is 4.74 Å². The van der Waals surface area contributed by atoms with Crippen LogP contribution in [-0.4, -0.2) is 36.7 Å². The zero-order valence-corrected chi connectivity index (χ0v) is 15.7. The molecule has 1 unspecified atom stereocenters. The Morgan fingerprint density at radius 2 is 1.88 bits per heavy atom. The molecule has 1 saturated heterocycles. The van der Waals surface area contributed by atoms with Crippen molar-refractivity contribution in [2.24, 2.45) is 5.92 Å². The van der Waals surface area contributed by atoms with Gasteiger partial charge in [-0.3, -0.25) is 0 Å². The quantitative estimate of drug-likeness (QED) is 0.857. The molecule has 2 aromatic carbocycles. The highest BCUT2D eigenvalue weighted by molar-refractivity contribution is 5.90. The Hall–Kier alpha value is -2.33. The SMILES string of the molecule is CC(C)CC1COCCN1C(=O)Nc1ccccc1Cc1ccccc1. The first kappa shape index (κ1) is 18.5. The van der Waals surface area contributed by atoms with Crippen LogP contribution >= 0.6 is 0 Å². The number of ether oxygens (including phenoxy) is 1. The molecule has 2 aromatic rings. The van der Waals surface area contributed by atoms with E-state index in [0.29, 0.717) is 25.7 Å². The molecule has 0 saturated carbocycles. The minimum absolute atomic E-state index is 0.0283. The predicted octanol–water partition coefficient (Wildman–Crippen LogP) is 4.56. The van der Waals surface area contributed by atoms with Crippen LogP contribution in [-0.2, 0) is 11.2 Å². The summed E-state index contributed by atoms with van der Waals surface area (Å²) in [7, 11) is 0. The molecule has 0 spiro atoms. The second-order valence-electron chi connectivity index (χ2n) is 7.30. The second kappa shape index (κ2) is 8.86. The van der Waals surface area contributed by atoms with Gasteiger partial charge >= 0.3 is 6.03 Å². The van der Waals surface area contributed by atoms with E-state index in [9.17, 15) is 4.79 Å². The molecule has 1 fully saturated rings. The number of morpholine rings is 1. The van der Waals surface area contributed by atoms with E-state index < -0.39 is 0 Å². The van der Waals surface area contributed by atoms with Gasteiger partial charge in [-0.25, -0.2) is 4.79 Å². The molecule has 1 N–H and O–H groups in total. The van der Waals surface area contributed by atoms with Gasteiger partial charge in [-0.05, 0) is 36.0 Å². The van der Waals surface area contributed by atoms with Gasteiger partial charge in [0.25, 0.3) is 0 Å². The molecule has 1 heterocycles. The summed E-state index contributed by atoms with van der Waals surface area (Å²) in [5.41, 5.74) is 3.25. The molecule has 4 heteroatoms. The number of rotatable bonds is 5. The van der Waals surface area contributed by atoms with E-state index in [1.54, 1.807) is 0 Å². The Bertz CT molecular complexity index is 715. The van der Waals surface area contributed by atoms with Crippen LogP contribution in [0.1, 0.15) is 31.4 Å². The van der Waals surface area contributed by atoms with E-state index in [-0.39, 0.29) is 12.1 Å². The monoisotopic (exact) mass is 352 g/mol. The summed E-state index contributed by atoms with van der Waals surface area (Å²) < 4.78 is 5.59. The van der Waals surface area contributed by atoms with Crippen LogP contribution in [0, 0.1) is 5.92 Å². The van der Waals surface area contributed by atoms with Crippen molar-refractivity contribution in [1.82, 2.24) is 4.90 Å². The number of hydrogen-bond donors (Lipinski definition) is 1. The Balaban J connectivity index is 1.72. The first-order chi connectivity index (χ1) is 12.6. The summed E-state index contributed by atoms with van der Waals surface area (Å²) >= 11 is 0. The van der Waals surface area contributed by atoms with Crippen LogP contribution in [0.15, 0.2) is 54.6 Å². The molecule has 1 atom stereocenters. The molecule has 0 aliphatic carbocycles. The van der Waals surface area contributed by atoms with E-state index in [1.807, 2.05) is 41.3 Å². The van der Waals surface area contributed by atoms with Crippen LogP contribution in [0.3, 0.4) is 0 Å². The zero-order chi connectivity index (χ0) is 18.4. The minimum Gasteiger partial charge on any atom is -0.377 e. The topological polar surface area (TPSA) is 41.6 Å². The zero-order valence-electron chi connectivity index (χ0n) is 15.7. The standard InChI is InChI=1S/C22H28N2O2/c1-17(2)14-20-16-26-13-12-24(20)22(25)23-21-11-7-6-10-19(21)15-18-8-4-3-5-9-18/h3-11,17,20H,12-16H2,1-2H3,(H,23,25). The summed E-state index contributed by atoms with van der Waals surface area (Å²) in [6, 6.07) is 18.5. The van der Waals surface area contributed by atoms with Gasteiger partial charge in [-0.1, -0.05) is 62.4 Å². The molecular weight excluding hydrogens is 324 g/mol. The normalized spacial score (nSPS) is 17.3. The number of para-hydroxylation sites is 1. The third kappa shape index (κ3) is 4.85. The number of urea groups is 1. The Kier molecular flexibility index (Phi) is 6.29. The van der Waals surface area contributed by atoms with Crippen molar-refractivity contribution in [2.45, 2.75) is 32.7 Å². The number of carbonyl (C=O) groups is 1. The van der Waals surface area contributed by atoms with Crippen LogP contribution in [0.5, 0.6) is 0 Å². The van der Waals surface area contributed by atoms with Crippen LogP contribution < -0.4 is 5.32 Å². The molecule has 0 aromatic heterocycles. The number of nitrogens with zero attached hydrogens (tertiary/aromatic N) is 1. The maximum absolute atomic E-state index is 12.9. The molecular formula is C22H28N2O2. The van der Waals surface area contributed by atoms with Gasteiger partial charge in [-0.2, -0.15) is 0 Å². The number of anilines is 1. The van der Waals surface area contributed by atoms with Crippen molar-refractivity contribution in [3.63, 3.8) is 0 Å². The highest BCUT2D eigenvalue weighted by Crippen LogP contribution is 2.22. The largest absolute Gasteiger partial charge is 0.377 e. The summed E-state index contributed by atoms with van der Waals surface area (Å²) in [6.07, 6.45) is 1.76. The van der Waals surface area contributed by atoms with E-state index in [1.165, 1.54) is 5.56 Å². The van der Waals surface area contributed by atoms with Crippen molar-refractivity contribution < 1.29 is 9.53 Å². The average molecular weight is 352 g/mol. The maximum atomic E-state index is 12.9. The lowest BCUT2D eigenvalue weighted by molar-refractivity contribution is 0.00857. The van der Waals surface area contributed by atoms with Crippen molar-refractivity contribution >= 4 is 11.7 Å². The summed E-state index contributed by atoms with van der Waals surface area (Å²) in [4.78, 5) is 14.9. The van der Waals surface area contributed by atoms with Gasteiger partial charge in [0, 0.05) is 12.2 Å². The van der Waals surface area contributed by atoms with Crippen LogP contribution in [0.2, 0.25) is 0 Å². The van der Waals surface area contributed by atoms with Crippen molar-refractivity contribution in [3.05, 3.63) is 65.7 Å². The van der Waals surface area contributed by atoms with Gasteiger partial charge in [0.15, 0.2) is 0 Å². The lowest BCUT2D eigenvalue weighted by Crippen LogP contribution is -2.50. The van der Waals surface area contributed by atoms with Gasteiger partial charge < -0.3 is 15.0 Å². The third-order valence-electron chi connectivity index (χ3n) is 4.73. The minimum atomic E-state index is -0.0283. The lowest BCUT2D eigenvalue weighted by atomic mass is 10.0. The number of carbonyl (C=O) groups excluding carboxylic acids is 1. The molecule has 3 rings (SSSR count). The highest BCUT2D eigenvalue weighted by Gasteiger charge is 2.28. The van der Waals surface area contributed by atoms with E-state index in [2.05, 4.69) is 37.4 Å². The molecule has 0 radical (unpaired) electrons. The van der Waals surface area contributed by atoms with Gasteiger partial charge in [-0.15, -0.1) is 0 Å². The van der Waals surface area contributed by atoms with Crippen molar-refractivity contribution in [1.29, 1.82) is 0 Å². The van der Waals surface area contributed by atoms with Crippen molar-refractivity contribution in [2.75, 3.05) is 25.1 Å². The molecule has 1 aliphatic rings. The molecule has 26 heavy (non-hydrogen) atoms.